The predicted octanol–water partition coefficient (Wildman–Crippen LogP) is 3.35. The summed E-state index contributed by atoms with van der Waals surface area (Å²) in [5.74, 6) is 0.887. The number of carbonyl (C=O) groups excluding carboxylic acids is 2. The van der Waals surface area contributed by atoms with E-state index in [0.717, 1.165) is 18.6 Å². The molecule has 1 saturated carbocycles. The van der Waals surface area contributed by atoms with Crippen LogP contribution in [0.2, 0.25) is 0 Å². The van der Waals surface area contributed by atoms with Crippen molar-refractivity contribution in [1.82, 2.24) is 9.88 Å². The third kappa shape index (κ3) is 5.50. The number of nitrogens with one attached hydrogen (secondary N) is 1. The van der Waals surface area contributed by atoms with Crippen molar-refractivity contribution in [3.05, 3.63) is 16.7 Å². The standard InChI is InChI=1S/C19H26BrN3O5/c1-19(2,3)28-18(25)23-10-11(7-14(23)17(24)26-4)21-16-9-13(8-15(20)22-16)27-12-5-6-12/h8-9,11-12,14H,5-7,10H2,1-4H3,(H,21,22)/t11-,14-/m0/s1. The molecule has 2 atom stereocenters. The number of methoxy groups -OCH3 is 1. The van der Waals surface area contributed by atoms with Crippen LogP contribution in [0.15, 0.2) is 16.7 Å². The minimum atomic E-state index is -0.702. The van der Waals surface area contributed by atoms with E-state index >= 15 is 0 Å². The molecule has 1 aliphatic heterocycles. The van der Waals surface area contributed by atoms with Crippen molar-refractivity contribution in [2.75, 3.05) is 19.0 Å². The van der Waals surface area contributed by atoms with E-state index < -0.39 is 23.7 Å². The number of ether oxygens (including phenoxy) is 3. The van der Waals surface area contributed by atoms with Gasteiger partial charge in [-0.3, -0.25) is 4.90 Å². The highest BCUT2D eigenvalue weighted by Gasteiger charge is 2.42. The molecule has 1 amide bonds. The first-order valence-corrected chi connectivity index (χ1v) is 10.1. The van der Waals surface area contributed by atoms with Crippen LogP contribution < -0.4 is 10.1 Å². The number of hydrogen-bond donors (Lipinski definition) is 1. The molecule has 8 nitrogen and oxygen atoms in total. The van der Waals surface area contributed by atoms with E-state index in [9.17, 15) is 9.59 Å². The van der Waals surface area contributed by atoms with Crippen LogP contribution >= 0.6 is 15.9 Å². The molecule has 2 aliphatic rings. The maximum atomic E-state index is 12.6. The van der Waals surface area contributed by atoms with Crippen LogP contribution in [0.4, 0.5) is 10.6 Å². The molecule has 0 unspecified atom stereocenters. The van der Waals surface area contributed by atoms with Gasteiger partial charge < -0.3 is 19.5 Å². The number of halogens is 1. The molecule has 1 aromatic heterocycles. The predicted molar refractivity (Wildman–Crippen MR) is 106 cm³/mol. The molecule has 28 heavy (non-hydrogen) atoms. The van der Waals surface area contributed by atoms with Crippen LogP contribution in [0.3, 0.4) is 0 Å². The first-order valence-electron chi connectivity index (χ1n) is 9.33. The number of aromatic nitrogens is 1. The first-order chi connectivity index (χ1) is 13.1. The minimum absolute atomic E-state index is 0.174. The van der Waals surface area contributed by atoms with Gasteiger partial charge in [-0.05, 0) is 49.5 Å². The van der Waals surface area contributed by atoms with Crippen LogP contribution in [0.25, 0.3) is 0 Å². The van der Waals surface area contributed by atoms with Gasteiger partial charge in [0, 0.05) is 31.1 Å². The highest BCUT2D eigenvalue weighted by molar-refractivity contribution is 9.10. The van der Waals surface area contributed by atoms with Gasteiger partial charge in [0.15, 0.2) is 0 Å². The largest absolute Gasteiger partial charge is 0.490 e. The average Bonchev–Trinajstić information content (AvgIpc) is 3.28. The lowest BCUT2D eigenvalue weighted by molar-refractivity contribution is -0.145. The van der Waals surface area contributed by atoms with Gasteiger partial charge in [0.1, 0.15) is 27.8 Å². The monoisotopic (exact) mass is 455 g/mol. The van der Waals surface area contributed by atoms with E-state index in [-0.39, 0.29) is 12.1 Å². The zero-order valence-corrected chi connectivity index (χ0v) is 18.1. The number of hydrogen-bond acceptors (Lipinski definition) is 7. The van der Waals surface area contributed by atoms with Gasteiger partial charge >= 0.3 is 12.1 Å². The summed E-state index contributed by atoms with van der Waals surface area (Å²) in [6.07, 6.45) is 2.28. The number of anilines is 1. The second-order valence-electron chi connectivity index (χ2n) is 8.08. The molecule has 0 aromatic carbocycles. The zero-order valence-electron chi connectivity index (χ0n) is 16.5. The average molecular weight is 456 g/mol. The Morgan fingerprint density at radius 3 is 2.61 bits per heavy atom. The Morgan fingerprint density at radius 1 is 1.29 bits per heavy atom. The van der Waals surface area contributed by atoms with Crippen LogP contribution in [0.5, 0.6) is 5.75 Å². The van der Waals surface area contributed by atoms with Gasteiger partial charge in [0.2, 0.25) is 0 Å². The normalized spacial score (nSPS) is 22.0. The summed E-state index contributed by atoms with van der Waals surface area (Å²) in [4.78, 5) is 30.6. The van der Waals surface area contributed by atoms with Crippen molar-refractivity contribution < 1.29 is 23.8 Å². The third-order valence-electron chi connectivity index (χ3n) is 4.35. The summed E-state index contributed by atoms with van der Waals surface area (Å²) >= 11 is 3.40. The molecule has 9 heteroatoms. The van der Waals surface area contributed by atoms with Gasteiger partial charge in [0.05, 0.1) is 13.2 Å². The first kappa shape index (κ1) is 20.7. The van der Waals surface area contributed by atoms with Crippen molar-refractivity contribution in [1.29, 1.82) is 0 Å². The molecule has 0 radical (unpaired) electrons. The van der Waals surface area contributed by atoms with Gasteiger partial charge in [0.25, 0.3) is 0 Å². The van der Waals surface area contributed by atoms with Gasteiger partial charge in [-0.25, -0.2) is 14.6 Å². The zero-order chi connectivity index (χ0) is 20.5. The van der Waals surface area contributed by atoms with Crippen molar-refractivity contribution in [2.45, 2.75) is 63.8 Å². The number of nitrogens with zero attached hydrogens (tertiary/aromatic N) is 2. The summed E-state index contributed by atoms with van der Waals surface area (Å²) in [5, 5.41) is 3.29. The lowest BCUT2D eigenvalue weighted by Gasteiger charge is -2.27. The minimum Gasteiger partial charge on any atom is -0.490 e. The Balaban J connectivity index is 1.71. The van der Waals surface area contributed by atoms with Gasteiger partial charge in [-0.1, -0.05) is 0 Å². The lowest BCUT2D eigenvalue weighted by atomic mass is 10.1. The van der Waals surface area contributed by atoms with Gasteiger partial charge in [-0.15, -0.1) is 0 Å². The van der Waals surface area contributed by atoms with Crippen LogP contribution in [0, 0.1) is 0 Å². The van der Waals surface area contributed by atoms with E-state index in [0.29, 0.717) is 23.4 Å². The Morgan fingerprint density at radius 2 is 2.00 bits per heavy atom. The molecule has 1 aromatic rings. The van der Waals surface area contributed by atoms with E-state index in [2.05, 4.69) is 26.2 Å². The molecule has 1 saturated heterocycles. The Labute approximate surface area is 173 Å². The smallest absolute Gasteiger partial charge is 0.411 e. The van der Waals surface area contributed by atoms with Crippen molar-refractivity contribution in [3.8, 4) is 5.75 Å². The molecule has 2 heterocycles. The summed E-state index contributed by atoms with van der Waals surface area (Å²) in [7, 11) is 1.31. The van der Waals surface area contributed by atoms with Gasteiger partial charge in [-0.2, -0.15) is 0 Å². The fourth-order valence-corrected chi connectivity index (χ4v) is 3.44. The highest BCUT2D eigenvalue weighted by atomic mass is 79.9. The second-order valence-corrected chi connectivity index (χ2v) is 8.89. The quantitative estimate of drug-likeness (QED) is 0.537. The molecule has 1 N–H and O–H groups in total. The maximum absolute atomic E-state index is 12.6. The molecule has 2 fully saturated rings. The second kappa shape index (κ2) is 8.14. The number of likely N-dealkylation sites (tertiary alicyclic amines) is 1. The summed E-state index contributed by atoms with van der Waals surface area (Å²) in [6, 6.07) is 2.77. The summed E-state index contributed by atoms with van der Waals surface area (Å²) in [6.45, 7) is 5.67. The fraction of sp³-hybridized carbons (Fsp3) is 0.632. The number of pyridine rings is 1. The number of esters is 1. The number of rotatable bonds is 5. The molecule has 0 bridgehead atoms. The fourth-order valence-electron chi connectivity index (χ4n) is 3.03. The molecular formula is C19H26BrN3O5. The molecule has 1 aliphatic carbocycles. The molecule has 154 valence electrons. The van der Waals surface area contributed by atoms with E-state index in [4.69, 9.17) is 14.2 Å². The molecule has 3 rings (SSSR count). The SMILES string of the molecule is COC(=O)[C@@H]1C[C@H](Nc2cc(OC3CC3)cc(Br)n2)CN1C(=O)OC(C)(C)C. The van der Waals surface area contributed by atoms with Crippen LogP contribution in [-0.2, 0) is 14.3 Å². The van der Waals surface area contributed by atoms with Crippen molar-refractivity contribution in [3.63, 3.8) is 0 Å². The Bertz CT molecular complexity index is 748. The van der Waals surface area contributed by atoms with E-state index in [1.165, 1.54) is 12.0 Å². The van der Waals surface area contributed by atoms with Crippen molar-refractivity contribution in [2.24, 2.45) is 0 Å². The Hall–Kier alpha value is -2.03. The maximum Gasteiger partial charge on any atom is 0.411 e. The molecule has 0 spiro atoms. The van der Waals surface area contributed by atoms with Crippen LogP contribution in [0.1, 0.15) is 40.0 Å². The van der Waals surface area contributed by atoms with Crippen molar-refractivity contribution >= 4 is 33.8 Å². The summed E-state index contributed by atoms with van der Waals surface area (Å²) < 4.78 is 16.8. The van der Waals surface area contributed by atoms with E-state index in [1.807, 2.05) is 12.1 Å². The Kier molecular flexibility index (Phi) is 6.02. The highest BCUT2D eigenvalue weighted by Crippen LogP contribution is 2.31. The lowest BCUT2D eigenvalue weighted by Crippen LogP contribution is -2.44. The topological polar surface area (TPSA) is 90.0 Å². The van der Waals surface area contributed by atoms with Crippen LogP contribution in [-0.4, -0.2) is 59.4 Å². The summed E-state index contributed by atoms with van der Waals surface area (Å²) in [5.41, 5.74) is -0.649. The number of amides is 1. The van der Waals surface area contributed by atoms with E-state index in [1.54, 1.807) is 20.8 Å². The third-order valence-corrected chi connectivity index (χ3v) is 4.76. The molecular weight excluding hydrogens is 430 g/mol. The number of carbonyl (C=O) groups is 2.